The van der Waals surface area contributed by atoms with Gasteiger partial charge in [-0.15, -0.1) is 11.8 Å². The van der Waals surface area contributed by atoms with Crippen LogP contribution >= 0.6 is 23.4 Å². The second-order valence-corrected chi connectivity index (χ2v) is 8.99. The molecular weight excluding hydrogens is 420 g/mol. The first-order chi connectivity index (χ1) is 14.4. The van der Waals surface area contributed by atoms with E-state index >= 15 is 0 Å². The molecule has 7 heteroatoms. The zero-order valence-corrected chi connectivity index (χ0v) is 18.8. The first-order valence-corrected chi connectivity index (χ1v) is 11.6. The zero-order chi connectivity index (χ0) is 21.5. The lowest BCUT2D eigenvalue weighted by atomic mass is 10.1. The van der Waals surface area contributed by atoms with Crippen LogP contribution in [0.5, 0.6) is 0 Å². The lowest BCUT2D eigenvalue weighted by Gasteiger charge is -2.35. The Morgan fingerprint density at radius 3 is 2.47 bits per heavy atom. The van der Waals surface area contributed by atoms with Gasteiger partial charge in [-0.25, -0.2) is 0 Å². The number of morpholine rings is 1. The second kappa shape index (κ2) is 10.8. The van der Waals surface area contributed by atoms with Crippen LogP contribution in [0.4, 0.5) is 0 Å². The number of carbonyl (C=O) groups excluding carboxylic acids is 2. The zero-order valence-electron chi connectivity index (χ0n) is 17.3. The molecule has 5 nitrogen and oxygen atoms in total. The average molecular weight is 447 g/mol. The monoisotopic (exact) mass is 446 g/mol. The minimum absolute atomic E-state index is 0.0153. The lowest BCUT2D eigenvalue weighted by Crippen LogP contribution is -2.48. The van der Waals surface area contributed by atoms with Crippen molar-refractivity contribution in [3.8, 4) is 0 Å². The van der Waals surface area contributed by atoms with Crippen molar-refractivity contribution >= 4 is 35.2 Å². The van der Waals surface area contributed by atoms with E-state index in [4.69, 9.17) is 16.3 Å². The minimum Gasteiger partial charge on any atom is -0.372 e. The Hall–Kier alpha value is -2.02. The molecule has 1 heterocycles. The molecule has 1 fully saturated rings. The number of nitrogens with one attached hydrogen (secondary N) is 1. The number of hydrogen-bond donors (Lipinski definition) is 1. The van der Waals surface area contributed by atoms with Crippen LogP contribution in [-0.4, -0.2) is 47.8 Å². The van der Waals surface area contributed by atoms with Crippen LogP contribution < -0.4 is 5.32 Å². The second-order valence-electron chi connectivity index (χ2n) is 7.56. The van der Waals surface area contributed by atoms with Gasteiger partial charge in [-0.3, -0.25) is 9.59 Å². The summed E-state index contributed by atoms with van der Waals surface area (Å²) in [7, 11) is 0. The molecule has 1 aliphatic rings. The van der Waals surface area contributed by atoms with E-state index in [1.165, 1.54) is 0 Å². The number of carbonyl (C=O) groups is 2. The van der Waals surface area contributed by atoms with Crippen LogP contribution in [0.3, 0.4) is 0 Å². The first kappa shape index (κ1) is 22.7. The molecule has 0 radical (unpaired) electrons. The summed E-state index contributed by atoms with van der Waals surface area (Å²) in [6.07, 6.45) is 0.0906. The third-order valence-corrected chi connectivity index (χ3v) is 6.03. The van der Waals surface area contributed by atoms with Crippen LogP contribution in [0.15, 0.2) is 48.5 Å². The molecule has 3 rings (SSSR count). The summed E-state index contributed by atoms with van der Waals surface area (Å²) >= 11 is 7.52. The van der Waals surface area contributed by atoms with E-state index in [0.29, 0.717) is 36.0 Å². The van der Waals surface area contributed by atoms with Gasteiger partial charge in [-0.05, 0) is 49.2 Å². The highest BCUT2D eigenvalue weighted by Gasteiger charge is 2.26. The molecule has 2 aromatic carbocycles. The largest absolute Gasteiger partial charge is 0.372 e. The van der Waals surface area contributed by atoms with Gasteiger partial charge in [0.05, 0.1) is 18.0 Å². The summed E-state index contributed by atoms with van der Waals surface area (Å²) in [5, 5.41) is 3.63. The van der Waals surface area contributed by atoms with Crippen molar-refractivity contribution in [1.82, 2.24) is 10.2 Å². The van der Waals surface area contributed by atoms with Crippen LogP contribution in [0, 0.1) is 0 Å². The van der Waals surface area contributed by atoms with Gasteiger partial charge in [-0.2, -0.15) is 0 Å². The quantitative estimate of drug-likeness (QED) is 0.694. The fourth-order valence-electron chi connectivity index (χ4n) is 3.43. The molecule has 2 aromatic rings. The molecule has 2 unspecified atom stereocenters. The molecular formula is C23H27ClN2O3S. The van der Waals surface area contributed by atoms with Crippen LogP contribution in [0.2, 0.25) is 5.02 Å². The predicted octanol–water partition coefficient (Wildman–Crippen LogP) is 4.14. The van der Waals surface area contributed by atoms with Crippen molar-refractivity contribution in [2.75, 3.05) is 18.8 Å². The Morgan fingerprint density at radius 2 is 1.80 bits per heavy atom. The Balaban J connectivity index is 1.42. The number of rotatable bonds is 7. The van der Waals surface area contributed by atoms with Gasteiger partial charge < -0.3 is 15.0 Å². The van der Waals surface area contributed by atoms with Gasteiger partial charge >= 0.3 is 0 Å². The van der Waals surface area contributed by atoms with Crippen molar-refractivity contribution in [3.05, 3.63) is 70.2 Å². The number of ether oxygens (including phenoxy) is 1. The number of amides is 2. The molecule has 2 atom stereocenters. The van der Waals surface area contributed by atoms with Crippen molar-refractivity contribution in [3.63, 3.8) is 0 Å². The minimum atomic E-state index is -0.0153. The fraction of sp³-hybridized carbons (Fsp3) is 0.391. The molecule has 0 aromatic heterocycles. The highest BCUT2D eigenvalue weighted by molar-refractivity contribution is 7.99. The van der Waals surface area contributed by atoms with E-state index in [2.05, 4.69) is 5.32 Å². The average Bonchev–Trinajstić information content (AvgIpc) is 2.71. The number of hydrogen-bond acceptors (Lipinski definition) is 4. The van der Waals surface area contributed by atoms with Gasteiger partial charge in [0.25, 0.3) is 5.91 Å². The highest BCUT2D eigenvalue weighted by atomic mass is 35.5. The SMILES string of the molecule is CC1CN(C(=O)c2ccc(CNC(=O)CSCc3cccc(Cl)c3)cc2)CC(C)O1. The van der Waals surface area contributed by atoms with Crippen molar-refractivity contribution in [2.24, 2.45) is 0 Å². The number of halogens is 1. The third kappa shape index (κ3) is 6.76. The molecule has 0 spiro atoms. The topological polar surface area (TPSA) is 58.6 Å². The van der Waals surface area contributed by atoms with Gasteiger partial charge in [0.2, 0.25) is 5.91 Å². The number of benzene rings is 2. The predicted molar refractivity (Wildman–Crippen MR) is 122 cm³/mol. The maximum Gasteiger partial charge on any atom is 0.254 e. The van der Waals surface area contributed by atoms with E-state index in [1.54, 1.807) is 11.8 Å². The molecule has 2 amide bonds. The molecule has 0 bridgehead atoms. The molecule has 0 saturated carbocycles. The number of nitrogens with zero attached hydrogens (tertiary/aromatic N) is 1. The van der Waals surface area contributed by atoms with Crippen molar-refractivity contribution < 1.29 is 14.3 Å². The maximum atomic E-state index is 12.7. The van der Waals surface area contributed by atoms with Crippen LogP contribution in [-0.2, 0) is 21.8 Å². The van der Waals surface area contributed by atoms with Gasteiger partial charge in [-0.1, -0.05) is 35.9 Å². The third-order valence-electron chi connectivity index (χ3n) is 4.79. The molecule has 1 N–H and O–H groups in total. The Kier molecular flexibility index (Phi) is 8.19. The summed E-state index contributed by atoms with van der Waals surface area (Å²) in [6, 6.07) is 15.1. The Morgan fingerprint density at radius 1 is 1.10 bits per heavy atom. The molecule has 1 aliphatic heterocycles. The summed E-state index contributed by atoms with van der Waals surface area (Å²) < 4.78 is 5.69. The smallest absolute Gasteiger partial charge is 0.254 e. The van der Waals surface area contributed by atoms with Crippen molar-refractivity contribution in [2.45, 2.75) is 38.4 Å². The van der Waals surface area contributed by atoms with E-state index in [1.807, 2.05) is 67.3 Å². The standard InChI is InChI=1S/C23H27ClN2O3S/c1-16-12-26(13-17(2)29-16)23(28)20-8-6-18(7-9-20)11-25-22(27)15-30-14-19-4-3-5-21(24)10-19/h3-10,16-17H,11-15H2,1-2H3,(H,25,27). The summed E-state index contributed by atoms with van der Waals surface area (Å²) in [6.45, 7) is 5.61. The molecule has 0 aliphatic carbocycles. The summed E-state index contributed by atoms with van der Waals surface area (Å²) in [4.78, 5) is 26.6. The molecule has 160 valence electrons. The van der Waals surface area contributed by atoms with E-state index in [-0.39, 0.29) is 24.0 Å². The normalized spacial score (nSPS) is 18.8. The van der Waals surface area contributed by atoms with Crippen LogP contribution in [0.1, 0.15) is 35.3 Å². The number of thioether (sulfide) groups is 1. The molecule has 1 saturated heterocycles. The Bertz CT molecular complexity index is 865. The van der Waals surface area contributed by atoms with Crippen molar-refractivity contribution in [1.29, 1.82) is 0 Å². The van der Waals surface area contributed by atoms with E-state index in [0.717, 1.165) is 16.9 Å². The fourth-order valence-corrected chi connectivity index (χ4v) is 4.45. The first-order valence-electron chi connectivity index (χ1n) is 10.0. The summed E-state index contributed by atoms with van der Waals surface area (Å²) in [5.41, 5.74) is 2.72. The maximum absolute atomic E-state index is 12.7. The van der Waals surface area contributed by atoms with E-state index in [9.17, 15) is 9.59 Å². The highest BCUT2D eigenvalue weighted by Crippen LogP contribution is 2.17. The van der Waals surface area contributed by atoms with Gasteiger partial charge in [0, 0.05) is 36.0 Å². The van der Waals surface area contributed by atoms with E-state index < -0.39 is 0 Å². The van der Waals surface area contributed by atoms with Gasteiger partial charge in [0.15, 0.2) is 0 Å². The van der Waals surface area contributed by atoms with Crippen LogP contribution in [0.25, 0.3) is 0 Å². The Labute approximate surface area is 187 Å². The van der Waals surface area contributed by atoms with Gasteiger partial charge in [0.1, 0.15) is 0 Å². The lowest BCUT2D eigenvalue weighted by molar-refractivity contribution is -0.118. The summed E-state index contributed by atoms with van der Waals surface area (Å²) in [5.74, 6) is 1.13. The molecule has 30 heavy (non-hydrogen) atoms.